The van der Waals surface area contributed by atoms with Crippen molar-refractivity contribution in [2.75, 3.05) is 0 Å². The molecule has 0 fully saturated rings. The molecule has 0 aliphatic rings. The van der Waals surface area contributed by atoms with Crippen molar-refractivity contribution >= 4 is 39.1 Å². The summed E-state index contributed by atoms with van der Waals surface area (Å²) < 4.78 is 0.919. The summed E-state index contributed by atoms with van der Waals surface area (Å²) in [7, 11) is 0. The fourth-order valence-electron chi connectivity index (χ4n) is 1.60. The molecular weight excluding hydrogens is 323 g/mol. The topological polar surface area (TPSA) is 20.2 Å². The van der Waals surface area contributed by atoms with E-state index in [2.05, 4.69) is 15.9 Å². The van der Waals surface area contributed by atoms with Gasteiger partial charge in [-0.25, -0.2) is 0 Å². The second-order valence-corrected chi connectivity index (χ2v) is 5.45. The average molecular weight is 332 g/mol. The van der Waals surface area contributed by atoms with Crippen LogP contribution in [0.3, 0.4) is 0 Å². The molecular formula is C13H9BrCl2O. The van der Waals surface area contributed by atoms with Gasteiger partial charge in [-0.15, -0.1) is 0 Å². The van der Waals surface area contributed by atoms with E-state index in [0.717, 1.165) is 10.0 Å². The summed E-state index contributed by atoms with van der Waals surface area (Å²) in [6.07, 6.45) is -0.733. The van der Waals surface area contributed by atoms with E-state index in [1.807, 2.05) is 24.3 Å². The van der Waals surface area contributed by atoms with Crippen molar-refractivity contribution in [2.45, 2.75) is 6.10 Å². The molecule has 0 amide bonds. The molecule has 0 aromatic heterocycles. The third-order valence-electron chi connectivity index (χ3n) is 2.37. The molecule has 17 heavy (non-hydrogen) atoms. The Morgan fingerprint density at radius 2 is 1.59 bits per heavy atom. The van der Waals surface area contributed by atoms with Crippen molar-refractivity contribution < 1.29 is 5.11 Å². The van der Waals surface area contributed by atoms with Gasteiger partial charge in [-0.1, -0.05) is 51.3 Å². The van der Waals surface area contributed by atoms with Gasteiger partial charge in [0.2, 0.25) is 0 Å². The molecule has 1 nitrogen and oxygen atoms in total. The third kappa shape index (κ3) is 3.23. The first kappa shape index (κ1) is 12.9. The van der Waals surface area contributed by atoms with Crippen molar-refractivity contribution in [1.82, 2.24) is 0 Å². The zero-order valence-electron chi connectivity index (χ0n) is 8.70. The predicted molar refractivity (Wildman–Crippen MR) is 74.7 cm³/mol. The minimum Gasteiger partial charge on any atom is -0.384 e. The highest BCUT2D eigenvalue weighted by molar-refractivity contribution is 9.10. The van der Waals surface area contributed by atoms with Gasteiger partial charge in [0.1, 0.15) is 6.10 Å². The van der Waals surface area contributed by atoms with Crippen LogP contribution < -0.4 is 0 Å². The minimum absolute atomic E-state index is 0.515. The lowest BCUT2D eigenvalue weighted by Gasteiger charge is -2.12. The zero-order chi connectivity index (χ0) is 12.4. The largest absolute Gasteiger partial charge is 0.384 e. The summed E-state index contributed by atoms with van der Waals surface area (Å²) in [6, 6.07) is 12.5. The van der Waals surface area contributed by atoms with Crippen LogP contribution in [0.1, 0.15) is 17.2 Å². The first-order chi connectivity index (χ1) is 8.06. The first-order valence-corrected chi connectivity index (χ1v) is 6.50. The Morgan fingerprint density at radius 3 is 2.18 bits per heavy atom. The smallest absolute Gasteiger partial charge is 0.104 e. The number of rotatable bonds is 2. The van der Waals surface area contributed by atoms with Gasteiger partial charge in [0.05, 0.1) is 0 Å². The lowest BCUT2D eigenvalue weighted by molar-refractivity contribution is 0.220. The molecule has 2 rings (SSSR count). The summed E-state index contributed by atoms with van der Waals surface area (Å²) in [5.74, 6) is 0. The molecule has 0 heterocycles. The van der Waals surface area contributed by atoms with Gasteiger partial charge in [0.15, 0.2) is 0 Å². The van der Waals surface area contributed by atoms with E-state index in [4.69, 9.17) is 23.2 Å². The van der Waals surface area contributed by atoms with Gasteiger partial charge in [-0.05, 0) is 41.5 Å². The SMILES string of the molecule is OC(c1cc(Cl)cc(Cl)c1)c1cccc(Br)c1. The van der Waals surface area contributed by atoms with Crippen LogP contribution in [0.15, 0.2) is 46.9 Å². The number of hydrogen-bond donors (Lipinski definition) is 1. The van der Waals surface area contributed by atoms with Crippen LogP contribution in [-0.4, -0.2) is 5.11 Å². The lowest BCUT2D eigenvalue weighted by atomic mass is 10.0. The standard InChI is InChI=1S/C13H9BrCl2O/c14-10-3-1-2-8(4-10)13(17)9-5-11(15)7-12(16)6-9/h1-7,13,17H. The molecule has 4 heteroatoms. The molecule has 88 valence electrons. The molecule has 1 N–H and O–H groups in total. The summed E-state index contributed by atoms with van der Waals surface area (Å²) in [6.45, 7) is 0. The van der Waals surface area contributed by atoms with Gasteiger partial charge in [0, 0.05) is 14.5 Å². The second kappa shape index (κ2) is 5.40. The molecule has 0 bridgehead atoms. The van der Waals surface area contributed by atoms with Crippen molar-refractivity contribution in [3.63, 3.8) is 0 Å². The molecule has 0 saturated heterocycles. The number of halogens is 3. The molecule has 2 aromatic carbocycles. The summed E-state index contributed by atoms with van der Waals surface area (Å²) in [4.78, 5) is 0. The van der Waals surface area contributed by atoms with Crippen molar-refractivity contribution in [1.29, 1.82) is 0 Å². The van der Waals surface area contributed by atoms with Crippen LogP contribution >= 0.6 is 39.1 Å². The Hall–Kier alpha value is -0.540. The maximum atomic E-state index is 10.2. The van der Waals surface area contributed by atoms with E-state index >= 15 is 0 Å². The molecule has 1 atom stereocenters. The maximum absolute atomic E-state index is 10.2. The number of aliphatic hydroxyl groups excluding tert-OH is 1. The number of hydrogen-bond acceptors (Lipinski definition) is 1. The molecule has 1 unspecified atom stereocenters. The van der Waals surface area contributed by atoms with Crippen molar-refractivity contribution in [3.05, 3.63) is 68.1 Å². The highest BCUT2D eigenvalue weighted by Crippen LogP contribution is 2.28. The van der Waals surface area contributed by atoms with Gasteiger partial charge >= 0.3 is 0 Å². The predicted octanol–water partition coefficient (Wildman–Crippen LogP) is 4.84. The highest BCUT2D eigenvalue weighted by Gasteiger charge is 2.12. The van der Waals surface area contributed by atoms with E-state index in [1.54, 1.807) is 18.2 Å². The first-order valence-electron chi connectivity index (χ1n) is 4.96. The van der Waals surface area contributed by atoms with Crippen LogP contribution in [-0.2, 0) is 0 Å². The summed E-state index contributed by atoms with van der Waals surface area (Å²) in [5.41, 5.74) is 1.47. The van der Waals surface area contributed by atoms with Crippen molar-refractivity contribution in [2.24, 2.45) is 0 Å². The normalized spacial score (nSPS) is 12.5. The monoisotopic (exact) mass is 330 g/mol. The summed E-state index contributed by atoms with van der Waals surface area (Å²) in [5, 5.41) is 11.3. The second-order valence-electron chi connectivity index (χ2n) is 3.66. The quantitative estimate of drug-likeness (QED) is 0.835. The van der Waals surface area contributed by atoms with E-state index in [9.17, 15) is 5.11 Å². The Labute approximate surface area is 118 Å². The summed E-state index contributed by atoms with van der Waals surface area (Å²) >= 11 is 15.2. The Balaban J connectivity index is 2.39. The van der Waals surface area contributed by atoms with Gasteiger partial charge in [0.25, 0.3) is 0 Å². The van der Waals surface area contributed by atoms with Crippen LogP contribution in [0.4, 0.5) is 0 Å². The lowest BCUT2D eigenvalue weighted by Crippen LogP contribution is -1.99. The Bertz CT molecular complexity index is 522. The van der Waals surface area contributed by atoms with Gasteiger partial charge in [-0.3, -0.25) is 0 Å². The maximum Gasteiger partial charge on any atom is 0.104 e. The zero-order valence-corrected chi connectivity index (χ0v) is 11.8. The van der Waals surface area contributed by atoms with E-state index in [1.165, 1.54) is 0 Å². The van der Waals surface area contributed by atoms with Crippen molar-refractivity contribution in [3.8, 4) is 0 Å². The molecule has 0 saturated carbocycles. The highest BCUT2D eigenvalue weighted by atomic mass is 79.9. The Morgan fingerprint density at radius 1 is 0.941 bits per heavy atom. The average Bonchev–Trinajstić information content (AvgIpc) is 2.26. The van der Waals surface area contributed by atoms with Crippen LogP contribution in [0.5, 0.6) is 0 Å². The number of aliphatic hydroxyl groups is 1. The fraction of sp³-hybridized carbons (Fsp3) is 0.0769. The number of benzene rings is 2. The fourth-order valence-corrected chi connectivity index (χ4v) is 2.56. The van der Waals surface area contributed by atoms with Crippen LogP contribution in [0.25, 0.3) is 0 Å². The third-order valence-corrected chi connectivity index (χ3v) is 3.29. The van der Waals surface area contributed by atoms with Gasteiger partial charge in [-0.2, -0.15) is 0 Å². The van der Waals surface area contributed by atoms with E-state index in [-0.39, 0.29) is 0 Å². The van der Waals surface area contributed by atoms with E-state index < -0.39 is 6.10 Å². The molecule has 0 spiro atoms. The minimum atomic E-state index is -0.733. The van der Waals surface area contributed by atoms with Crippen LogP contribution in [0.2, 0.25) is 10.0 Å². The molecule has 0 aliphatic carbocycles. The van der Waals surface area contributed by atoms with E-state index in [0.29, 0.717) is 15.6 Å². The van der Waals surface area contributed by atoms with Crippen LogP contribution in [0, 0.1) is 0 Å². The Kier molecular flexibility index (Phi) is 4.10. The molecule has 0 aliphatic heterocycles. The molecule has 2 aromatic rings. The molecule has 0 radical (unpaired) electrons. The van der Waals surface area contributed by atoms with Gasteiger partial charge < -0.3 is 5.11 Å².